The number of carbonyl (C=O) groups is 2. The van der Waals surface area contributed by atoms with E-state index in [1.165, 1.54) is 18.2 Å². The number of nitrogens with zero attached hydrogens (tertiary/aromatic N) is 1. The molecule has 4 rings (SSSR count). The second kappa shape index (κ2) is 9.26. The van der Waals surface area contributed by atoms with Gasteiger partial charge in [-0.25, -0.2) is 12.7 Å². The molecule has 5 nitrogen and oxygen atoms in total. The summed E-state index contributed by atoms with van der Waals surface area (Å²) in [6, 6.07) is 12.9. The first-order chi connectivity index (χ1) is 16.2. The van der Waals surface area contributed by atoms with Crippen LogP contribution in [0.3, 0.4) is 0 Å². The van der Waals surface area contributed by atoms with Gasteiger partial charge in [0.1, 0.15) is 0 Å². The van der Waals surface area contributed by atoms with Crippen LogP contribution in [0.5, 0.6) is 0 Å². The minimum Gasteiger partial charge on any atom is -0.284 e. The van der Waals surface area contributed by atoms with E-state index >= 15 is 0 Å². The second-order valence-corrected chi connectivity index (χ2v) is 14.8. The molecule has 186 valence electrons. The van der Waals surface area contributed by atoms with Gasteiger partial charge >= 0.3 is 0 Å². The van der Waals surface area contributed by atoms with Gasteiger partial charge in [-0.2, -0.15) is 0 Å². The van der Waals surface area contributed by atoms with E-state index in [-0.39, 0.29) is 15.8 Å². The van der Waals surface area contributed by atoms with E-state index in [9.17, 15) is 18.0 Å². The fraction of sp³-hybridized carbons (Fsp3) is 0.333. The van der Waals surface area contributed by atoms with Gasteiger partial charge in [0.05, 0.1) is 10.8 Å². The highest BCUT2D eigenvalue weighted by Crippen LogP contribution is 2.59. The van der Waals surface area contributed by atoms with Gasteiger partial charge in [0, 0.05) is 16.9 Å². The summed E-state index contributed by atoms with van der Waals surface area (Å²) in [5.41, 5.74) is 1.87. The fourth-order valence-corrected chi connectivity index (χ4v) is 7.86. The number of hydrogen-bond acceptors (Lipinski definition) is 5. The first-order valence-electron chi connectivity index (χ1n) is 10.6. The highest BCUT2D eigenvalue weighted by atomic mass is 35.5. The van der Waals surface area contributed by atoms with Crippen molar-refractivity contribution in [3.8, 4) is 0 Å². The summed E-state index contributed by atoms with van der Waals surface area (Å²) in [6.07, 6.45) is 1.43. The molecule has 2 aromatic carbocycles. The topological polar surface area (TPSA) is 71.5 Å². The Kier molecular flexibility index (Phi) is 7.10. The molecule has 1 saturated heterocycles. The van der Waals surface area contributed by atoms with Crippen molar-refractivity contribution in [3.05, 3.63) is 77.0 Å². The number of carbonyl (C=O) groups excluding carboxylic acids is 2. The van der Waals surface area contributed by atoms with Crippen LogP contribution in [0.15, 0.2) is 65.2 Å². The summed E-state index contributed by atoms with van der Waals surface area (Å²) < 4.78 is 23.9. The number of benzene rings is 2. The van der Waals surface area contributed by atoms with Crippen molar-refractivity contribution in [2.45, 2.75) is 51.4 Å². The Morgan fingerprint density at radius 1 is 1.06 bits per heavy atom. The maximum absolute atomic E-state index is 13.7. The largest absolute Gasteiger partial charge is 0.284 e. The normalized spacial score (nSPS) is 21.5. The van der Waals surface area contributed by atoms with Crippen LogP contribution >= 0.6 is 58.2 Å². The zero-order valence-electron chi connectivity index (χ0n) is 18.8. The summed E-state index contributed by atoms with van der Waals surface area (Å²) in [6.45, 7) is 5.47. The summed E-state index contributed by atoms with van der Waals surface area (Å²) in [5.74, 6) is -2.98. The van der Waals surface area contributed by atoms with E-state index in [1.807, 2.05) is 20.8 Å². The van der Waals surface area contributed by atoms with Crippen LogP contribution in [0.1, 0.15) is 42.4 Å². The number of allylic oxidation sites excluding steroid dienone is 2. The molecule has 1 aliphatic heterocycles. The number of amides is 1. The summed E-state index contributed by atoms with van der Waals surface area (Å²) in [7, 11) is -4.39. The Balaban J connectivity index is 1.94. The van der Waals surface area contributed by atoms with Gasteiger partial charge < -0.3 is 0 Å². The zero-order valence-corrected chi connectivity index (χ0v) is 23.5. The first-order valence-corrected chi connectivity index (χ1v) is 14.5. The lowest BCUT2D eigenvalue weighted by Gasteiger charge is -2.36. The van der Waals surface area contributed by atoms with Gasteiger partial charge in [-0.1, -0.05) is 120 Å². The molecule has 11 heteroatoms. The molecule has 2 aromatic rings. The van der Waals surface area contributed by atoms with Gasteiger partial charge in [0.25, 0.3) is 15.9 Å². The van der Waals surface area contributed by atoms with Crippen molar-refractivity contribution in [1.82, 2.24) is 4.31 Å². The summed E-state index contributed by atoms with van der Waals surface area (Å²) in [4.78, 5) is 26.3. The van der Waals surface area contributed by atoms with Crippen molar-refractivity contribution in [1.29, 1.82) is 0 Å². The van der Waals surface area contributed by atoms with Crippen molar-refractivity contribution in [2.75, 3.05) is 0 Å². The quantitative estimate of drug-likeness (QED) is 0.381. The molecule has 1 amide bonds. The van der Waals surface area contributed by atoms with E-state index in [0.29, 0.717) is 15.4 Å². The van der Waals surface area contributed by atoms with Crippen LogP contribution in [0, 0.1) is 6.92 Å². The molecular formula is C24H21Cl4NO4S2. The summed E-state index contributed by atoms with van der Waals surface area (Å²) >= 11 is 27.4. The molecule has 1 heterocycles. The van der Waals surface area contributed by atoms with Crippen LogP contribution in [0.4, 0.5) is 0 Å². The number of halogens is 4. The average Bonchev–Trinajstić information content (AvgIpc) is 2.98. The lowest BCUT2D eigenvalue weighted by molar-refractivity contribution is -0.123. The number of hydrogen-bond donors (Lipinski definition) is 0. The molecule has 35 heavy (non-hydrogen) atoms. The molecule has 1 aliphatic carbocycles. The highest BCUT2D eigenvalue weighted by molar-refractivity contribution is 8.14. The van der Waals surface area contributed by atoms with Crippen LogP contribution in [-0.4, -0.2) is 37.7 Å². The Morgan fingerprint density at radius 3 is 2.20 bits per heavy atom. The third-order valence-corrected chi connectivity index (χ3v) is 10.4. The summed E-state index contributed by atoms with van der Waals surface area (Å²) in [5, 5.41) is -0.574. The van der Waals surface area contributed by atoms with Crippen LogP contribution < -0.4 is 0 Å². The van der Waals surface area contributed by atoms with Crippen LogP contribution in [-0.2, 0) is 19.6 Å². The minimum absolute atomic E-state index is 0.0114. The van der Waals surface area contributed by atoms with Gasteiger partial charge in [-0.15, -0.1) is 0 Å². The predicted molar refractivity (Wildman–Crippen MR) is 142 cm³/mol. The number of rotatable bonds is 5. The molecule has 1 fully saturated rings. The monoisotopic (exact) mass is 591 g/mol. The van der Waals surface area contributed by atoms with E-state index in [4.69, 9.17) is 46.4 Å². The lowest BCUT2D eigenvalue weighted by Crippen LogP contribution is -2.37. The Bertz CT molecular complexity index is 1340. The first kappa shape index (κ1) is 26.8. The maximum atomic E-state index is 13.7. The number of aryl methyl sites for hydroxylation is 1. The molecule has 2 aliphatic rings. The maximum Gasteiger partial charge on any atom is 0.278 e. The molecule has 0 spiro atoms. The average molecular weight is 593 g/mol. The van der Waals surface area contributed by atoms with Crippen molar-refractivity contribution < 1.29 is 18.0 Å². The van der Waals surface area contributed by atoms with Gasteiger partial charge in [-0.3, -0.25) is 9.59 Å². The standard InChI is InChI=1S/C24H21Cl4NO4S2/c1-13(2)34-22(31)23(25,26)18-12-19-20(17-7-5-4-6-16(17)18)24(27,28)21(30)29(19)35(32,33)15-10-8-14(3)9-11-15/h4-13,18,20H,1-3H3/t18-,20+/m1/s1. The molecule has 0 radical (unpaired) electrons. The number of alkyl halides is 4. The predicted octanol–water partition coefficient (Wildman–Crippen LogP) is 6.31. The highest BCUT2D eigenvalue weighted by Gasteiger charge is 2.62. The minimum atomic E-state index is -4.39. The van der Waals surface area contributed by atoms with Gasteiger partial charge in [0.2, 0.25) is 9.45 Å². The fourth-order valence-electron chi connectivity index (χ4n) is 4.30. The third-order valence-electron chi connectivity index (χ3n) is 5.91. The Hall–Kier alpha value is -1.22. The molecule has 0 aromatic heterocycles. The van der Waals surface area contributed by atoms with E-state index < -0.39 is 41.5 Å². The van der Waals surface area contributed by atoms with Crippen molar-refractivity contribution in [3.63, 3.8) is 0 Å². The van der Waals surface area contributed by atoms with E-state index in [0.717, 1.165) is 17.3 Å². The second-order valence-electron chi connectivity index (χ2n) is 8.72. The molecule has 0 unspecified atom stereocenters. The lowest BCUT2D eigenvalue weighted by atomic mass is 9.78. The molecule has 0 saturated carbocycles. The molecule has 2 atom stereocenters. The smallest absolute Gasteiger partial charge is 0.278 e. The van der Waals surface area contributed by atoms with Gasteiger partial charge in [-0.05, 0) is 30.2 Å². The number of thioether (sulfide) groups is 1. The van der Waals surface area contributed by atoms with Crippen LogP contribution in [0.2, 0.25) is 0 Å². The molecule has 0 N–H and O–H groups in total. The SMILES string of the molecule is Cc1ccc(S(=O)(=O)N2C(=O)C(Cl)(Cl)[C@@H]3C2=C[C@@H](C(Cl)(Cl)C(=O)SC(C)C)c2ccccc23)cc1. The van der Waals surface area contributed by atoms with Crippen LogP contribution in [0.25, 0.3) is 0 Å². The Morgan fingerprint density at radius 2 is 1.63 bits per heavy atom. The third kappa shape index (κ3) is 4.42. The molecular weight excluding hydrogens is 572 g/mol. The van der Waals surface area contributed by atoms with E-state index in [2.05, 4.69) is 0 Å². The number of fused-ring (bicyclic) bond motifs is 3. The van der Waals surface area contributed by atoms with Gasteiger partial charge in [0.15, 0.2) is 4.33 Å². The Labute approximate surface area is 228 Å². The van der Waals surface area contributed by atoms with Crippen molar-refractivity contribution >= 4 is 79.2 Å². The zero-order chi connectivity index (χ0) is 25.9. The van der Waals surface area contributed by atoms with Crippen molar-refractivity contribution in [2.24, 2.45) is 0 Å². The number of sulfonamides is 1. The van der Waals surface area contributed by atoms with E-state index in [1.54, 1.807) is 36.4 Å². The molecule has 0 bridgehead atoms.